The van der Waals surface area contributed by atoms with E-state index in [2.05, 4.69) is 10.3 Å². The van der Waals surface area contributed by atoms with Crippen LogP contribution in [0.4, 0.5) is 11.4 Å². The smallest absolute Gasteiger partial charge is 0.272 e. The van der Waals surface area contributed by atoms with Gasteiger partial charge in [0.25, 0.3) is 5.69 Å². The Labute approximate surface area is 158 Å². The first-order valence-corrected chi connectivity index (χ1v) is 9.39. The van der Waals surface area contributed by atoms with Crippen LogP contribution in [0.15, 0.2) is 58.5 Å². The molecule has 0 aliphatic carbocycles. The Morgan fingerprint density at radius 2 is 2.00 bits per heavy atom. The Morgan fingerprint density at radius 1 is 1.24 bits per heavy atom. The summed E-state index contributed by atoms with van der Waals surface area (Å²) >= 11 is 8.69. The summed E-state index contributed by atoms with van der Waals surface area (Å²) in [6.45, 7) is 2.54. The zero-order chi connectivity index (χ0) is 17.8. The second kappa shape index (κ2) is 7.86. The summed E-state index contributed by atoms with van der Waals surface area (Å²) < 4.78 is 0.478. The van der Waals surface area contributed by atoms with E-state index >= 15 is 0 Å². The third kappa shape index (κ3) is 4.94. The number of rotatable bonds is 6. The molecule has 25 heavy (non-hydrogen) atoms. The quantitative estimate of drug-likeness (QED) is 0.426. The van der Waals surface area contributed by atoms with Crippen LogP contribution in [0.5, 0.6) is 0 Å². The Morgan fingerprint density at radius 3 is 2.64 bits per heavy atom. The van der Waals surface area contributed by atoms with E-state index in [1.165, 1.54) is 34.7 Å². The molecule has 0 saturated heterocycles. The van der Waals surface area contributed by atoms with Crippen molar-refractivity contribution in [2.45, 2.75) is 23.3 Å². The van der Waals surface area contributed by atoms with Gasteiger partial charge in [0.1, 0.15) is 0 Å². The molecule has 128 valence electrons. The topological polar surface area (TPSA) is 68.1 Å². The number of thiazole rings is 1. The molecule has 0 bridgehead atoms. The van der Waals surface area contributed by atoms with E-state index in [0.717, 1.165) is 14.7 Å². The van der Waals surface area contributed by atoms with Gasteiger partial charge in [-0.2, -0.15) is 0 Å². The molecule has 3 rings (SSSR count). The maximum Gasteiger partial charge on any atom is 0.272 e. The first-order chi connectivity index (χ1) is 12.0. The van der Waals surface area contributed by atoms with E-state index in [-0.39, 0.29) is 10.6 Å². The zero-order valence-corrected chi connectivity index (χ0v) is 15.6. The van der Waals surface area contributed by atoms with Crippen molar-refractivity contribution in [3.63, 3.8) is 0 Å². The minimum Gasteiger partial charge on any atom is -0.380 e. The highest BCUT2D eigenvalue weighted by atomic mass is 35.5. The number of nitro groups is 1. The van der Waals surface area contributed by atoms with Crippen LogP contribution in [0.3, 0.4) is 0 Å². The number of nitro benzene ring substituents is 1. The molecule has 0 unspecified atom stereocenters. The molecule has 0 aliphatic heterocycles. The number of halogens is 1. The van der Waals surface area contributed by atoms with Crippen molar-refractivity contribution in [3.05, 3.63) is 73.7 Å². The highest BCUT2D eigenvalue weighted by molar-refractivity contribution is 7.99. The number of hydrogen-bond donors (Lipinski definition) is 1. The van der Waals surface area contributed by atoms with Crippen LogP contribution < -0.4 is 5.32 Å². The van der Waals surface area contributed by atoms with E-state index in [1.807, 2.05) is 37.3 Å². The molecule has 0 saturated carbocycles. The average Bonchev–Trinajstić information content (AvgIpc) is 3.00. The zero-order valence-electron chi connectivity index (χ0n) is 13.2. The average molecular weight is 392 g/mol. The fourth-order valence-corrected chi connectivity index (χ4v) is 3.97. The number of aromatic nitrogens is 1. The fourth-order valence-electron chi connectivity index (χ4n) is 2.15. The van der Waals surface area contributed by atoms with Crippen molar-refractivity contribution in [1.82, 2.24) is 4.98 Å². The number of nitrogens with zero attached hydrogens (tertiary/aromatic N) is 2. The van der Waals surface area contributed by atoms with Gasteiger partial charge in [0, 0.05) is 38.7 Å². The minimum absolute atomic E-state index is 0.0574. The lowest BCUT2D eigenvalue weighted by Crippen LogP contribution is -1.99. The lowest BCUT2D eigenvalue weighted by molar-refractivity contribution is -0.385. The van der Waals surface area contributed by atoms with Crippen LogP contribution >= 0.6 is 34.7 Å². The largest absolute Gasteiger partial charge is 0.380 e. The Hall–Kier alpha value is -2.09. The lowest BCUT2D eigenvalue weighted by atomic mass is 10.2. The van der Waals surface area contributed by atoms with Crippen LogP contribution in [-0.4, -0.2) is 9.91 Å². The van der Waals surface area contributed by atoms with Crippen molar-refractivity contribution in [1.29, 1.82) is 0 Å². The normalized spacial score (nSPS) is 10.6. The van der Waals surface area contributed by atoms with Gasteiger partial charge in [0.2, 0.25) is 0 Å². The maximum absolute atomic E-state index is 11.2. The summed E-state index contributed by atoms with van der Waals surface area (Å²) in [6, 6.07) is 13.1. The molecule has 0 atom stereocenters. The predicted molar refractivity (Wildman–Crippen MR) is 103 cm³/mol. The summed E-state index contributed by atoms with van der Waals surface area (Å²) in [7, 11) is 0. The van der Waals surface area contributed by atoms with E-state index in [9.17, 15) is 10.1 Å². The third-order valence-electron chi connectivity index (χ3n) is 3.35. The fraction of sp³-hybridized carbons (Fsp3) is 0.118. The summed E-state index contributed by atoms with van der Waals surface area (Å²) in [4.78, 5) is 17.6. The molecule has 1 aromatic heterocycles. The molecule has 0 aliphatic rings. The molecule has 3 aromatic rings. The van der Waals surface area contributed by atoms with Gasteiger partial charge in [0.15, 0.2) is 4.47 Å². The van der Waals surface area contributed by atoms with Gasteiger partial charge in [-0.05, 0) is 25.1 Å². The highest BCUT2D eigenvalue weighted by Crippen LogP contribution is 2.33. The second-order valence-corrected chi connectivity index (χ2v) is 8.17. The summed E-state index contributed by atoms with van der Waals surface area (Å²) in [5.41, 5.74) is 1.92. The number of aryl methyl sites for hydroxylation is 1. The van der Waals surface area contributed by atoms with E-state index < -0.39 is 0 Å². The minimum atomic E-state index is -0.381. The van der Waals surface area contributed by atoms with Gasteiger partial charge in [-0.1, -0.05) is 41.1 Å². The van der Waals surface area contributed by atoms with Crippen molar-refractivity contribution >= 4 is 46.1 Å². The number of benzene rings is 2. The van der Waals surface area contributed by atoms with Gasteiger partial charge in [0.05, 0.1) is 11.5 Å². The monoisotopic (exact) mass is 391 g/mol. The van der Waals surface area contributed by atoms with Crippen molar-refractivity contribution < 1.29 is 4.92 Å². The molecule has 0 radical (unpaired) electrons. The van der Waals surface area contributed by atoms with Crippen molar-refractivity contribution in [3.8, 4) is 0 Å². The third-order valence-corrected chi connectivity index (χ3v) is 5.44. The van der Waals surface area contributed by atoms with Gasteiger partial charge in [-0.25, -0.2) is 4.98 Å². The standard InChI is InChI=1S/C17H14ClN3O2S2/c1-11-2-4-14(5-3-11)24-15-7-12(6-13(8-15)21(22)23)19-9-16-10-20-17(18)25-16/h2-8,10,19H,9H2,1H3. The van der Waals surface area contributed by atoms with Gasteiger partial charge < -0.3 is 5.32 Å². The van der Waals surface area contributed by atoms with E-state index in [4.69, 9.17) is 11.6 Å². The summed E-state index contributed by atoms with van der Waals surface area (Å²) in [6.07, 6.45) is 1.69. The van der Waals surface area contributed by atoms with Crippen LogP contribution in [-0.2, 0) is 6.54 Å². The molecule has 2 aromatic carbocycles. The van der Waals surface area contributed by atoms with Crippen molar-refractivity contribution in [2.24, 2.45) is 0 Å². The van der Waals surface area contributed by atoms with Gasteiger partial charge in [-0.15, -0.1) is 11.3 Å². The van der Waals surface area contributed by atoms with E-state index in [1.54, 1.807) is 12.3 Å². The Balaban J connectivity index is 1.81. The molecule has 0 spiro atoms. The first kappa shape index (κ1) is 17.7. The first-order valence-electron chi connectivity index (χ1n) is 7.38. The van der Waals surface area contributed by atoms with E-state index in [0.29, 0.717) is 16.7 Å². The number of nitrogens with one attached hydrogen (secondary N) is 1. The summed E-state index contributed by atoms with van der Waals surface area (Å²) in [5.74, 6) is 0. The molecular weight excluding hydrogens is 378 g/mol. The molecule has 1 heterocycles. The number of anilines is 1. The molecular formula is C17H14ClN3O2S2. The SMILES string of the molecule is Cc1ccc(Sc2cc(NCc3cnc(Cl)s3)cc([N+](=O)[O-])c2)cc1. The maximum atomic E-state index is 11.2. The van der Waals surface area contributed by atoms with Gasteiger partial charge in [-0.3, -0.25) is 10.1 Å². The van der Waals surface area contributed by atoms with Crippen LogP contribution in [0.1, 0.15) is 10.4 Å². The number of non-ortho nitro benzene ring substituents is 1. The van der Waals surface area contributed by atoms with Crippen LogP contribution in [0.2, 0.25) is 4.47 Å². The van der Waals surface area contributed by atoms with Crippen LogP contribution in [0.25, 0.3) is 0 Å². The van der Waals surface area contributed by atoms with Crippen LogP contribution in [0, 0.1) is 17.0 Å². The molecule has 0 fully saturated rings. The molecule has 8 heteroatoms. The molecule has 5 nitrogen and oxygen atoms in total. The van der Waals surface area contributed by atoms with Crippen molar-refractivity contribution in [2.75, 3.05) is 5.32 Å². The Kier molecular flexibility index (Phi) is 5.57. The predicted octanol–water partition coefficient (Wildman–Crippen LogP) is 5.78. The second-order valence-electron chi connectivity index (χ2n) is 5.32. The summed E-state index contributed by atoms with van der Waals surface area (Å²) in [5, 5.41) is 14.4. The Bertz CT molecular complexity index is 897. The highest BCUT2D eigenvalue weighted by Gasteiger charge is 2.11. The molecule has 1 N–H and O–H groups in total. The lowest BCUT2D eigenvalue weighted by Gasteiger charge is -2.08. The number of hydrogen-bond acceptors (Lipinski definition) is 6. The molecule has 0 amide bonds. The van der Waals surface area contributed by atoms with Gasteiger partial charge >= 0.3 is 0 Å².